The molecular weight excluding hydrogens is 466 g/mol. The number of hydrogen-bond acceptors (Lipinski definition) is 8. The van der Waals surface area contributed by atoms with Crippen molar-refractivity contribution in [2.45, 2.75) is 10.1 Å². The molecule has 33 heavy (non-hydrogen) atoms. The van der Waals surface area contributed by atoms with Crippen LogP contribution in [0.1, 0.15) is 0 Å². The van der Waals surface area contributed by atoms with Crippen molar-refractivity contribution in [2.75, 3.05) is 44.5 Å². The molecule has 0 spiro atoms. The van der Waals surface area contributed by atoms with E-state index in [1.54, 1.807) is 30.1 Å². The number of hydrogen-bond donors (Lipinski definition) is 1. The van der Waals surface area contributed by atoms with Crippen molar-refractivity contribution in [1.82, 2.24) is 19.1 Å². The Hall–Kier alpha value is -2.93. The molecule has 0 saturated carbocycles. The molecule has 1 fully saturated rings. The molecule has 1 aromatic heterocycles. The molecule has 3 aromatic rings. The smallest absolute Gasteiger partial charge is 0.243 e. The van der Waals surface area contributed by atoms with E-state index >= 15 is 0 Å². The lowest BCUT2D eigenvalue weighted by atomic mass is 10.3. The zero-order chi connectivity index (χ0) is 23.3. The summed E-state index contributed by atoms with van der Waals surface area (Å²) in [6.07, 6.45) is 1.58. The summed E-state index contributed by atoms with van der Waals surface area (Å²) >= 11 is 1.24. The van der Waals surface area contributed by atoms with E-state index in [1.165, 1.54) is 28.2 Å². The van der Waals surface area contributed by atoms with Gasteiger partial charge in [0, 0.05) is 24.5 Å². The quantitative estimate of drug-likeness (QED) is 0.478. The molecule has 1 aliphatic rings. The normalized spacial score (nSPS) is 14.7. The van der Waals surface area contributed by atoms with Crippen LogP contribution in [0.3, 0.4) is 0 Å². The van der Waals surface area contributed by atoms with Crippen molar-refractivity contribution in [1.29, 1.82) is 0 Å². The molecule has 0 bridgehead atoms. The van der Waals surface area contributed by atoms with E-state index < -0.39 is 10.0 Å². The third-order valence-electron chi connectivity index (χ3n) is 4.95. The van der Waals surface area contributed by atoms with Crippen molar-refractivity contribution < 1.29 is 22.7 Å². The Kier molecular flexibility index (Phi) is 7.28. The highest BCUT2D eigenvalue weighted by atomic mass is 32.2. The Morgan fingerprint density at radius 1 is 1.12 bits per heavy atom. The van der Waals surface area contributed by atoms with Crippen LogP contribution in [-0.4, -0.2) is 72.6 Å². The molecule has 2 aromatic carbocycles. The molecule has 0 radical (unpaired) electrons. The van der Waals surface area contributed by atoms with Gasteiger partial charge in [-0.15, -0.1) is 10.2 Å². The molecule has 4 rings (SSSR count). The van der Waals surface area contributed by atoms with Crippen LogP contribution >= 0.6 is 11.8 Å². The maximum absolute atomic E-state index is 12.7. The SMILES string of the molecule is COc1ccc(-n2cnnc2SCC(=O)Nc2ccc(S(=O)(=O)N3CCOCC3)cc2)cc1. The highest BCUT2D eigenvalue weighted by Gasteiger charge is 2.26. The third kappa shape index (κ3) is 5.53. The standard InChI is InChI=1S/C21H23N5O5S2/c1-30-18-6-4-17(5-7-18)26-15-22-24-21(26)32-14-20(27)23-16-2-8-19(9-3-16)33(28,29)25-10-12-31-13-11-25/h2-9,15H,10-14H2,1H3,(H,23,27). The van der Waals surface area contributed by atoms with E-state index in [4.69, 9.17) is 9.47 Å². The van der Waals surface area contributed by atoms with Crippen LogP contribution in [0.2, 0.25) is 0 Å². The number of aromatic nitrogens is 3. The number of carbonyl (C=O) groups is 1. The summed E-state index contributed by atoms with van der Waals surface area (Å²) in [5.41, 5.74) is 1.36. The van der Waals surface area contributed by atoms with Gasteiger partial charge in [0.25, 0.3) is 0 Å². The first-order chi connectivity index (χ1) is 16.0. The average Bonchev–Trinajstić information content (AvgIpc) is 3.32. The molecule has 0 unspecified atom stereocenters. The van der Waals surface area contributed by atoms with Crippen molar-refractivity contribution >= 4 is 33.4 Å². The first kappa shape index (κ1) is 23.2. The average molecular weight is 490 g/mol. The van der Waals surface area contributed by atoms with Gasteiger partial charge in [0.05, 0.1) is 31.0 Å². The van der Waals surface area contributed by atoms with Crippen molar-refractivity contribution in [3.05, 3.63) is 54.9 Å². The number of nitrogens with one attached hydrogen (secondary N) is 1. The second-order valence-electron chi connectivity index (χ2n) is 7.06. The fourth-order valence-electron chi connectivity index (χ4n) is 3.22. The van der Waals surface area contributed by atoms with E-state index in [0.717, 1.165) is 11.4 Å². The van der Waals surface area contributed by atoms with E-state index in [0.29, 0.717) is 37.1 Å². The summed E-state index contributed by atoms with van der Waals surface area (Å²) in [6.45, 7) is 1.44. The Labute approximate surface area is 196 Å². The highest BCUT2D eigenvalue weighted by molar-refractivity contribution is 7.99. The summed E-state index contributed by atoms with van der Waals surface area (Å²) in [5.74, 6) is 0.611. The van der Waals surface area contributed by atoms with Crippen molar-refractivity contribution in [2.24, 2.45) is 0 Å². The maximum Gasteiger partial charge on any atom is 0.243 e. The van der Waals surface area contributed by atoms with Gasteiger partial charge >= 0.3 is 0 Å². The van der Waals surface area contributed by atoms with Crippen LogP contribution in [0.25, 0.3) is 5.69 Å². The number of carbonyl (C=O) groups excluding carboxylic acids is 1. The lowest BCUT2D eigenvalue weighted by molar-refractivity contribution is -0.113. The largest absolute Gasteiger partial charge is 0.497 e. The van der Waals surface area contributed by atoms with Crippen LogP contribution in [0.15, 0.2) is 64.9 Å². The molecule has 2 heterocycles. The predicted octanol–water partition coefficient (Wildman–Crippen LogP) is 2.03. The van der Waals surface area contributed by atoms with Gasteiger partial charge in [-0.1, -0.05) is 11.8 Å². The second-order valence-corrected chi connectivity index (χ2v) is 9.94. The molecule has 0 aliphatic carbocycles. The second kappa shape index (κ2) is 10.3. The van der Waals surface area contributed by atoms with Crippen LogP contribution in [-0.2, 0) is 19.6 Å². The zero-order valence-corrected chi connectivity index (χ0v) is 19.5. The predicted molar refractivity (Wildman–Crippen MR) is 123 cm³/mol. The molecule has 0 atom stereocenters. The number of amides is 1. The number of ether oxygens (including phenoxy) is 2. The van der Waals surface area contributed by atoms with Crippen molar-refractivity contribution in [3.8, 4) is 11.4 Å². The number of rotatable bonds is 8. The number of benzene rings is 2. The summed E-state index contributed by atoms with van der Waals surface area (Å²) in [7, 11) is -1.97. The summed E-state index contributed by atoms with van der Waals surface area (Å²) in [6, 6.07) is 13.6. The fraction of sp³-hybridized carbons (Fsp3) is 0.286. The first-order valence-corrected chi connectivity index (χ1v) is 12.5. The summed E-state index contributed by atoms with van der Waals surface area (Å²) < 4.78 is 39.0. The molecule has 174 valence electrons. The first-order valence-electron chi connectivity index (χ1n) is 10.1. The number of methoxy groups -OCH3 is 1. The van der Waals surface area contributed by atoms with E-state index in [-0.39, 0.29) is 16.6 Å². The molecule has 12 heteroatoms. The Morgan fingerprint density at radius 3 is 2.48 bits per heavy atom. The van der Waals surface area contributed by atoms with E-state index in [2.05, 4.69) is 15.5 Å². The number of anilines is 1. The lowest BCUT2D eigenvalue weighted by Gasteiger charge is -2.26. The minimum atomic E-state index is -3.57. The lowest BCUT2D eigenvalue weighted by Crippen LogP contribution is -2.40. The molecule has 10 nitrogen and oxygen atoms in total. The third-order valence-corrected chi connectivity index (χ3v) is 7.80. The maximum atomic E-state index is 12.7. The number of thioether (sulfide) groups is 1. The van der Waals surface area contributed by atoms with Crippen LogP contribution < -0.4 is 10.1 Å². The Morgan fingerprint density at radius 2 is 1.82 bits per heavy atom. The number of sulfonamides is 1. The molecule has 1 N–H and O–H groups in total. The van der Waals surface area contributed by atoms with Gasteiger partial charge in [-0.2, -0.15) is 4.31 Å². The topological polar surface area (TPSA) is 116 Å². The van der Waals surface area contributed by atoms with Gasteiger partial charge in [-0.3, -0.25) is 9.36 Å². The molecule has 1 saturated heterocycles. The van der Waals surface area contributed by atoms with Gasteiger partial charge in [0.1, 0.15) is 12.1 Å². The zero-order valence-electron chi connectivity index (χ0n) is 17.9. The fourth-order valence-corrected chi connectivity index (χ4v) is 5.35. The number of morpholine rings is 1. The molecular formula is C21H23N5O5S2. The summed E-state index contributed by atoms with van der Waals surface area (Å²) in [4.78, 5) is 12.6. The van der Waals surface area contributed by atoms with Crippen molar-refractivity contribution in [3.63, 3.8) is 0 Å². The summed E-state index contributed by atoms with van der Waals surface area (Å²) in [5, 5.41) is 11.4. The van der Waals surface area contributed by atoms with E-state index in [1.807, 2.05) is 24.3 Å². The van der Waals surface area contributed by atoms with Crippen LogP contribution in [0, 0.1) is 0 Å². The van der Waals surface area contributed by atoms with Gasteiger partial charge in [0.2, 0.25) is 15.9 Å². The van der Waals surface area contributed by atoms with Crippen LogP contribution in [0.4, 0.5) is 5.69 Å². The minimum absolute atomic E-state index is 0.114. The van der Waals surface area contributed by atoms with Crippen LogP contribution in [0.5, 0.6) is 5.75 Å². The minimum Gasteiger partial charge on any atom is -0.497 e. The Balaban J connectivity index is 1.35. The molecule has 1 amide bonds. The Bertz CT molecular complexity index is 1190. The number of nitrogens with zero attached hydrogens (tertiary/aromatic N) is 4. The van der Waals surface area contributed by atoms with E-state index in [9.17, 15) is 13.2 Å². The van der Waals surface area contributed by atoms with Gasteiger partial charge < -0.3 is 14.8 Å². The molecule has 1 aliphatic heterocycles. The van der Waals surface area contributed by atoms with Gasteiger partial charge in [-0.05, 0) is 48.5 Å². The monoisotopic (exact) mass is 489 g/mol. The highest BCUT2D eigenvalue weighted by Crippen LogP contribution is 2.23. The van der Waals surface area contributed by atoms with Gasteiger partial charge in [0.15, 0.2) is 5.16 Å². The van der Waals surface area contributed by atoms with Gasteiger partial charge in [-0.25, -0.2) is 8.42 Å².